The quantitative estimate of drug-likeness (QED) is 0.782. The molecular formula is C19H31N. The van der Waals surface area contributed by atoms with Gasteiger partial charge in [0.25, 0.3) is 0 Å². The standard InChI is InChI=1S/C19H31N/c1-6-19(7-2)17(15-12-10-9-11-13-15)16(14(4)5)18(19)20-8-3/h9-14,16-18,20H,6-8H2,1-5H3. The van der Waals surface area contributed by atoms with Crippen molar-refractivity contribution in [3.8, 4) is 0 Å². The summed E-state index contributed by atoms with van der Waals surface area (Å²) in [5, 5.41) is 3.81. The van der Waals surface area contributed by atoms with Crippen molar-refractivity contribution in [3.63, 3.8) is 0 Å². The van der Waals surface area contributed by atoms with Gasteiger partial charge in [0.1, 0.15) is 0 Å². The first-order chi connectivity index (χ1) is 9.62. The lowest BCUT2D eigenvalue weighted by Crippen LogP contribution is -2.66. The molecular weight excluding hydrogens is 242 g/mol. The predicted molar refractivity (Wildman–Crippen MR) is 88.0 cm³/mol. The second-order valence-electron chi connectivity index (χ2n) is 6.69. The molecule has 3 atom stereocenters. The molecule has 3 unspecified atom stereocenters. The average Bonchev–Trinajstić information content (AvgIpc) is 2.45. The van der Waals surface area contributed by atoms with E-state index in [1.807, 2.05) is 0 Å². The van der Waals surface area contributed by atoms with E-state index in [9.17, 15) is 0 Å². The van der Waals surface area contributed by atoms with E-state index in [0.29, 0.717) is 17.4 Å². The molecule has 1 N–H and O–H groups in total. The third-order valence-electron chi connectivity index (χ3n) is 5.68. The van der Waals surface area contributed by atoms with Crippen LogP contribution in [0.25, 0.3) is 0 Å². The highest BCUT2D eigenvalue weighted by atomic mass is 15.0. The molecule has 0 spiro atoms. The molecule has 0 aliphatic heterocycles. The Balaban J connectivity index is 2.39. The van der Waals surface area contributed by atoms with E-state index in [-0.39, 0.29) is 0 Å². The van der Waals surface area contributed by atoms with Crippen LogP contribution in [0, 0.1) is 17.3 Å². The maximum Gasteiger partial charge on any atom is 0.0166 e. The number of nitrogens with one attached hydrogen (secondary N) is 1. The lowest BCUT2D eigenvalue weighted by Gasteiger charge is -2.64. The molecule has 0 heterocycles. The SMILES string of the molecule is CCNC1C(C(C)C)C(c2ccccc2)C1(CC)CC. The summed E-state index contributed by atoms with van der Waals surface area (Å²) in [6.45, 7) is 12.8. The Labute approximate surface area is 125 Å². The molecule has 1 nitrogen and oxygen atoms in total. The zero-order valence-corrected chi connectivity index (χ0v) is 13.8. The Kier molecular flexibility index (Phi) is 4.90. The molecule has 1 aliphatic rings. The van der Waals surface area contributed by atoms with Crippen molar-refractivity contribution in [1.29, 1.82) is 0 Å². The monoisotopic (exact) mass is 273 g/mol. The molecule has 1 aromatic carbocycles. The first kappa shape index (κ1) is 15.6. The van der Waals surface area contributed by atoms with Gasteiger partial charge in [0.15, 0.2) is 0 Å². The van der Waals surface area contributed by atoms with E-state index in [1.165, 1.54) is 12.8 Å². The summed E-state index contributed by atoms with van der Waals surface area (Å²) in [6, 6.07) is 11.9. The van der Waals surface area contributed by atoms with Crippen molar-refractivity contribution in [2.24, 2.45) is 17.3 Å². The lowest BCUT2D eigenvalue weighted by atomic mass is 9.44. The van der Waals surface area contributed by atoms with Gasteiger partial charge in [-0.05, 0) is 48.1 Å². The summed E-state index contributed by atoms with van der Waals surface area (Å²) in [4.78, 5) is 0. The Hall–Kier alpha value is -0.820. The minimum Gasteiger partial charge on any atom is -0.313 e. The molecule has 2 rings (SSSR count). The van der Waals surface area contributed by atoms with E-state index in [4.69, 9.17) is 0 Å². The van der Waals surface area contributed by atoms with Gasteiger partial charge in [-0.3, -0.25) is 0 Å². The second kappa shape index (κ2) is 6.30. The van der Waals surface area contributed by atoms with Gasteiger partial charge in [-0.1, -0.05) is 65.0 Å². The van der Waals surface area contributed by atoms with Crippen molar-refractivity contribution in [3.05, 3.63) is 35.9 Å². The van der Waals surface area contributed by atoms with Crippen LogP contribution in [0.3, 0.4) is 0 Å². The zero-order chi connectivity index (χ0) is 14.8. The molecule has 1 heteroatoms. The summed E-state index contributed by atoms with van der Waals surface area (Å²) >= 11 is 0. The molecule has 0 radical (unpaired) electrons. The van der Waals surface area contributed by atoms with Crippen LogP contribution in [-0.4, -0.2) is 12.6 Å². The van der Waals surface area contributed by atoms with Crippen molar-refractivity contribution >= 4 is 0 Å². The topological polar surface area (TPSA) is 12.0 Å². The zero-order valence-electron chi connectivity index (χ0n) is 13.8. The Morgan fingerprint density at radius 2 is 1.65 bits per heavy atom. The van der Waals surface area contributed by atoms with Gasteiger partial charge in [0, 0.05) is 6.04 Å². The third-order valence-corrected chi connectivity index (χ3v) is 5.68. The Bertz CT molecular complexity index is 405. The Morgan fingerprint density at radius 3 is 2.10 bits per heavy atom. The van der Waals surface area contributed by atoms with Crippen LogP contribution >= 0.6 is 0 Å². The largest absolute Gasteiger partial charge is 0.313 e. The van der Waals surface area contributed by atoms with Crippen LogP contribution in [0.1, 0.15) is 58.9 Å². The highest BCUT2D eigenvalue weighted by molar-refractivity contribution is 5.31. The molecule has 1 fully saturated rings. The second-order valence-corrected chi connectivity index (χ2v) is 6.69. The van der Waals surface area contributed by atoms with Crippen molar-refractivity contribution in [2.75, 3.05) is 6.54 Å². The molecule has 112 valence electrons. The fourth-order valence-electron chi connectivity index (χ4n) is 4.71. The normalized spacial score (nSPS) is 28.4. The van der Waals surface area contributed by atoms with Crippen LogP contribution in [0.4, 0.5) is 0 Å². The summed E-state index contributed by atoms with van der Waals surface area (Å²) in [7, 11) is 0. The van der Waals surface area contributed by atoms with Gasteiger partial charge in [0.2, 0.25) is 0 Å². The van der Waals surface area contributed by atoms with Gasteiger partial charge < -0.3 is 5.32 Å². The highest BCUT2D eigenvalue weighted by Gasteiger charge is 2.60. The van der Waals surface area contributed by atoms with E-state index >= 15 is 0 Å². The van der Waals surface area contributed by atoms with Gasteiger partial charge in [-0.15, -0.1) is 0 Å². The summed E-state index contributed by atoms with van der Waals surface area (Å²) < 4.78 is 0. The predicted octanol–water partition coefficient (Wildman–Crippen LogP) is 4.84. The number of hydrogen-bond donors (Lipinski definition) is 1. The number of hydrogen-bond acceptors (Lipinski definition) is 1. The maximum absolute atomic E-state index is 3.81. The van der Waals surface area contributed by atoms with Crippen molar-refractivity contribution in [2.45, 2.75) is 59.4 Å². The molecule has 1 aliphatic carbocycles. The fourth-order valence-corrected chi connectivity index (χ4v) is 4.71. The van der Waals surface area contributed by atoms with Crippen LogP contribution in [-0.2, 0) is 0 Å². The van der Waals surface area contributed by atoms with Gasteiger partial charge >= 0.3 is 0 Å². The van der Waals surface area contributed by atoms with E-state index in [1.54, 1.807) is 5.56 Å². The summed E-state index contributed by atoms with van der Waals surface area (Å²) in [6.07, 6.45) is 2.54. The van der Waals surface area contributed by atoms with Crippen LogP contribution in [0.15, 0.2) is 30.3 Å². The molecule has 0 saturated heterocycles. The number of rotatable bonds is 6. The van der Waals surface area contributed by atoms with Crippen molar-refractivity contribution < 1.29 is 0 Å². The minimum atomic E-state index is 0.437. The third kappa shape index (κ3) is 2.30. The lowest BCUT2D eigenvalue weighted by molar-refractivity contribution is -0.0699. The van der Waals surface area contributed by atoms with Crippen molar-refractivity contribution in [1.82, 2.24) is 5.32 Å². The molecule has 0 amide bonds. The van der Waals surface area contributed by atoms with E-state index < -0.39 is 0 Å². The van der Waals surface area contributed by atoms with Crippen LogP contribution in [0.2, 0.25) is 0 Å². The Morgan fingerprint density at radius 1 is 1.05 bits per heavy atom. The van der Waals surface area contributed by atoms with Crippen LogP contribution in [0.5, 0.6) is 0 Å². The van der Waals surface area contributed by atoms with Gasteiger partial charge in [0.05, 0.1) is 0 Å². The first-order valence-electron chi connectivity index (χ1n) is 8.40. The molecule has 1 saturated carbocycles. The van der Waals surface area contributed by atoms with Gasteiger partial charge in [-0.2, -0.15) is 0 Å². The average molecular weight is 273 g/mol. The first-order valence-corrected chi connectivity index (χ1v) is 8.40. The molecule has 0 bridgehead atoms. The van der Waals surface area contributed by atoms with E-state index in [0.717, 1.165) is 18.4 Å². The smallest absolute Gasteiger partial charge is 0.0166 e. The minimum absolute atomic E-state index is 0.437. The number of benzene rings is 1. The fraction of sp³-hybridized carbons (Fsp3) is 0.684. The van der Waals surface area contributed by atoms with E-state index in [2.05, 4.69) is 70.3 Å². The highest BCUT2D eigenvalue weighted by Crippen LogP contribution is 2.62. The molecule has 1 aromatic rings. The molecule has 20 heavy (non-hydrogen) atoms. The maximum atomic E-state index is 3.81. The summed E-state index contributed by atoms with van der Waals surface area (Å²) in [5.41, 5.74) is 1.98. The summed E-state index contributed by atoms with van der Waals surface area (Å²) in [5.74, 6) is 2.20. The van der Waals surface area contributed by atoms with Gasteiger partial charge in [-0.25, -0.2) is 0 Å². The van der Waals surface area contributed by atoms with Crippen LogP contribution < -0.4 is 5.32 Å². The molecule has 0 aromatic heterocycles.